The summed E-state index contributed by atoms with van der Waals surface area (Å²) < 4.78 is 22.9. The standard InChI is InChI=1S/C84H143NO13/c1-3-5-7-9-11-13-15-17-19-21-23-25-27-29-31-32-33-34-35-36-37-38-39-40-42-44-46-48-50-52-54-56-58-60-62-64-66-68-76(89)85-72(71-95-83-81(94)79(92)82(75(70-87)97-83)98-84-80(93)78(91)77(90)74(69-86)96-84)73(88)67-65-63-61-59-57-55-53-51-49-47-45-43-41-30-28-26-24-22-20-18-16-14-12-10-8-6-4-2/h5,7,11,13,17,19,23,25,29,31,33-34,36-37,39-40,49,51,57,59,65,67,72-75,77-84,86-88,90-94H,3-4,6,8-10,12,14-16,18,20-22,24,26-28,30,32,35,38,41-48,50,52-56,58,60-64,66,68-71H2,1-2H3,(H,85,89)/b7-5-,13-11-,19-17-,25-23-,31-29-,34-33-,37-36-,40-39-,51-49+,59-57+,67-65+. The third-order valence-corrected chi connectivity index (χ3v) is 18.3. The first-order valence-electron chi connectivity index (χ1n) is 39.4. The van der Waals surface area contributed by atoms with Gasteiger partial charge >= 0.3 is 0 Å². The van der Waals surface area contributed by atoms with Gasteiger partial charge in [-0.2, -0.15) is 0 Å². The first-order chi connectivity index (χ1) is 48.1. The molecule has 14 heteroatoms. The van der Waals surface area contributed by atoms with Crippen molar-refractivity contribution in [3.8, 4) is 0 Å². The van der Waals surface area contributed by atoms with Gasteiger partial charge in [0.25, 0.3) is 0 Å². The van der Waals surface area contributed by atoms with E-state index in [4.69, 9.17) is 18.9 Å². The fraction of sp³-hybridized carbons (Fsp3) is 0.726. The van der Waals surface area contributed by atoms with E-state index in [-0.39, 0.29) is 18.9 Å². The number of carbonyl (C=O) groups excluding carboxylic acids is 1. The zero-order valence-corrected chi connectivity index (χ0v) is 61.5. The van der Waals surface area contributed by atoms with Gasteiger partial charge in [-0.15, -0.1) is 0 Å². The molecule has 98 heavy (non-hydrogen) atoms. The Morgan fingerprint density at radius 2 is 0.714 bits per heavy atom. The van der Waals surface area contributed by atoms with Gasteiger partial charge < -0.3 is 65.1 Å². The molecule has 0 aliphatic carbocycles. The molecule has 12 unspecified atom stereocenters. The fourth-order valence-corrected chi connectivity index (χ4v) is 12.1. The molecule has 2 saturated heterocycles. The summed E-state index contributed by atoms with van der Waals surface area (Å²) in [7, 11) is 0. The fourth-order valence-electron chi connectivity index (χ4n) is 12.1. The van der Waals surface area contributed by atoms with Crippen LogP contribution < -0.4 is 5.32 Å². The van der Waals surface area contributed by atoms with Crippen LogP contribution in [-0.2, 0) is 23.7 Å². The number of nitrogens with one attached hydrogen (secondary N) is 1. The van der Waals surface area contributed by atoms with Crippen molar-refractivity contribution >= 4 is 5.91 Å². The minimum absolute atomic E-state index is 0.258. The van der Waals surface area contributed by atoms with Crippen LogP contribution in [0.25, 0.3) is 0 Å². The number of carbonyl (C=O) groups is 1. The Bertz CT molecular complexity index is 2160. The molecule has 0 aromatic heterocycles. The summed E-state index contributed by atoms with van der Waals surface area (Å²) >= 11 is 0. The summed E-state index contributed by atoms with van der Waals surface area (Å²) in [5.74, 6) is -0.258. The highest BCUT2D eigenvalue weighted by Gasteiger charge is 2.51. The molecule has 2 rings (SSSR count). The molecule has 2 aliphatic rings. The van der Waals surface area contributed by atoms with E-state index in [9.17, 15) is 45.6 Å². The third-order valence-electron chi connectivity index (χ3n) is 18.3. The van der Waals surface area contributed by atoms with Crippen LogP contribution >= 0.6 is 0 Å². The Hall–Kier alpha value is -3.87. The van der Waals surface area contributed by atoms with E-state index in [1.807, 2.05) is 6.08 Å². The maximum Gasteiger partial charge on any atom is 0.220 e. The Kier molecular flexibility index (Phi) is 61.1. The predicted octanol–water partition coefficient (Wildman–Crippen LogP) is 17.8. The molecule has 1 amide bonds. The van der Waals surface area contributed by atoms with E-state index in [1.54, 1.807) is 6.08 Å². The van der Waals surface area contributed by atoms with E-state index >= 15 is 0 Å². The Labute approximate surface area is 596 Å². The average molecular weight is 1380 g/mol. The number of amides is 1. The van der Waals surface area contributed by atoms with Gasteiger partial charge in [-0.05, 0) is 109 Å². The topological polar surface area (TPSA) is 228 Å². The minimum Gasteiger partial charge on any atom is -0.394 e. The molecule has 0 aromatic carbocycles. The lowest BCUT2D eigenvalue weighted by Gasteiger charge is -2.46. The van der Waals surface area contributed by atoms with Crippen molar-refractivity contribution in [3.63, 3.8) is 0 Å². The highest BCUT2D eigenvalue weighted by molar-refractivity contribution is 5.76. The van der Waals surface area contributed by atoms with Gasteiger partial charge in [0.05, 0.1) is 32.0 Å². The smallest absolute Gasteiger partial charge is 0.220 e. The molecule has 2 heterocycles. The van der Waals surface area contributed by atoms with Crippen molar-refractivity contribution in [2.75, 3.05) is 19.8 Å². The quantitative estimate of drug-likeness (QED) is 0.0204. The lowest BCUT2D eigenvalue weighted by molar-refractivity contribution is -0.359. The van der Waals surface area contributed by atoms with Crippen molar-refractivity contribution in [3.05, 3.63) is 134 Å². The summed E-state index contributed by atoms with van der Waals surface area (Å²) in [4.78, 5) is 13.4. The molecule has 12 atom stereocenters. The zero-order chi connectivity index (χ0) is 70.8. The van der Waals surface area contributed by atoms with Crippen LogP contribution in [0.15, 0.2) is 134 Å². The highest BCUT2D eigenvalue weighted by atomic mass is 16.7. The van der Waals surface area contributed by atoms with Gasteiger partial charge in [-0.25, -0.2) is 0 Å². The molecule has 0 aromatic rings. The SMILES string of the molecule is CC/C=C\C/C=C\C/C=C\C/C=C\C/C=C\C/C=C\C/C=C\C/C=C\CCCCCCCCCCCCCCC(=O)NC(COC1OC(CO)C(OC2OC(CO)C(O)C(O)C2O)C(O)C1O)C(O)/C=C/CC/C=C/CC/C=C/CCCCCCCCCCCCCCCCCCC. The number of aliphatic hydroxyl groups excluding tert-OH is 8. The summed E-state index contributed by atoms with van der Waals surface area (Å²) in [6, 6.07) is -0.950. The number of hydrogen-bond donors (Lipinski definition) is 9. The van der Waals surface area contributed by atoms with Crippen LogP contribution in [0, 0.1) is 0 Å². The van der Waals surface area contributed by atoms with Crippen molar-refractivity contribution in [2.24, 2.45) is 0 Å². The van der Waals surface area contributed by atoms with E-state index in [2.05, 4.69) is 141 Å². The molecule has 0 radical (unpaired) electrons. The molecular weight excluding hydrogens is 1230 g/mol. The number of ether oxygens (including phenoxy) is 4. The number of unbranched alkanes of at least 4 members (excludes halogenated alkanes) is 31. The molecule has 2 fully saturated rings. The van der Waals surface area contributed by atoms with Gasteiger partial charge in [0.15, 0.2) is 12.6 Å². The van der Waals surface area contributed by atoms with Crippen LogP contribution in [0.3, 0.4) is 0 Å². The van der Waals surface area contributed by atoms with Crippen molar-refractivity contribution in [1.29, 1.82) is 0 Å². The molecule has 14 nitrogen and oxygen atoms in total. The average Bonchev–Trinajstić information content (AvgIpc) is 0.793. The largest absolute Gasteiger partial charge is 0.394 e. The maximum absolute atomic E-state index is 13.4. The van der Waals surface area contributed by atoms with Crippen molar-refractivity contribution in [1.82, 2.24) is 5.32 Å². The van der Waals surface area contributed by atoms with Gasteiger partial charge in [0, 0.05) is 6.42 Å². The van der Waals surface area contributed by atoms with Crippen LogP contribution in [0.5, 0.6) is 0 Å². The summed E-state index contributed by atoms with van der Waals surface area (Å²) in [6.45, 7) is 2.68. The molecule has 9 N–H and O–H groups in total. The first-order valence-corrected chi connectivity index (χ1v) is 39.4. The molecule has 562 valence electrons. The summed E-state index contributed by atoms with van der Waals surface area (Å²) in [5.41, 5.74) is 0. The Balaban J connectivity index is 1.65. The number of allylic oxidation sites excluding steroid dienone is 21. The third kappa shape index (κ3) is 48.9. The van der Waals surface area contributed by atoms with E-state index < -0.39 is 86.8 Å². The monoisotopic (exact) mass is 1370 g/mol. The van der Waals surface area contributed by atoms with Crippen LogP contribution in [0.1, 0.15) is 296 Å². The van der Waals surface area contributed by atoms with Gasteiger partial charge in [0.2, 0.25) is 5.91 Å². The highest BCUT2D eigenvalue weighted by Crippen LogP contribution is 2.30. The molecular formula is C84H143NO13. The van der Waals surface area contributed by atoms with Gasteiger partial charge in [-0.1, -0.05) is 314 Å². The van der Waals surface area contributed by atoms with Crippen LogP contribution in [-0.4, -0.2) is 140 Å². The van der Waals surface area contributed by atoms with Gasteiger partial charge in [0.1, 0.15) is 48.8 Å². The zero-order valence-electron chi connectivity index (χ0n) is 61.5. The first kappa shape index (κ1) is 90.2. The van der Waals surface area contributed by atoms with Crippen LogP contribution in [0.2, 0.25) is 0 Å². The summed E-state index contributed by atoms with van der Waals surface area (Å²) in [6.07, 6.45) is 82.3. The van der Waals surface area contributed by atoms with Crippen molar-refractivity contribution < 1.29 is 64.6 Å². The minimum atomic E-state index is -1.80. The molecule has 2 aliphatic heterocycles. The lowest BCUT2D eigenvalue weighted by atomic mass is 9.97. The second-order valence-corrected chi connectivity index (χ2v) is 27.1. The van der Waals surface area contributed by atoms with E-state index in [0.29, 0.717) is 12.8 Å². The normalized spacial score (nSPS) is 22.8. The van der Waals surface area contributed by atoms with E-state index in [1.165, 1.54) is 161 Å². The van der Waals surface area contributed by atoms with E-state index in [0.717, 1.165) is 103 Å². The second-order valence-electron chi connectivity index (χ2n) is 27.1. The summed E-state index contributed by atoms with van der Waals surface area (Å²) in [5, 5.41) is 87.6. The molecule has 0 bridgehead atoms. The molecule has 0 spiro atoms. The predicted molar refractivity (Wildman–Crippen MR) is 405 cm³/mol. The van der Waals surface area contributed by atoms with Gasteiger partial charge in [-0.3, -0.25) is 4.79 Å². The van der Waals surface area contributed by atoms with Crippen LogP contribution in [0.4, 0.5) is 0 Å². The van der Waals surface area contributed by atoms with Crippen molar-refractivity contribution in [2.45, 2.75) is 370 Å². The number of rotatable bonds is 64. The molecule has 0 saturated carbocycles. The number of aliphatic hydroxyl groups is 8. The second kappa shape index (κ2) is 66.4. The maximum atomic E-state index is 13.4. The lowest BCUT2D eigenvalue weighted by Crippen LogP contribution is -2.65. The Morgan fingerprint density at radius 1 is 0.378 bits per heavy atom. The number of hydrogen-bond acceptors (Lipinski definition) is 13. The Morgan fingerprint density at radius 3 is 1.12 bits per heavy atom.